The topological polar surface area (TPSA) is 84.2 Å². The Bertz CT molecular complexity index is 662. The lowest BCUT2D eigenvalue weighted by Gasteiger charge is -2.18. The van der Waals surface area contributed by atoms with Gasteiger partial charge in [-0.2, -0.15) is 5.10 Å². The smallest absolute Gasteiger partial charge is 0.354 e. The summed E-state index contributed by atoms with van der Waals surface area (Å²) in [4.78, 5) is 23.1. The predicted molar refractivity (Wildman–Crippen MR) is 81.5 cm³/mol. The third kappa shape index (κ3) is 3.72. The van der Waals surface area contributed by atoms with Gasteiger partial charge in [0.2, 0.25) is 5.91 Å². The van der Waals surface area contributed by atoms with E-state index >= 15 is 0 Å². The van der Waals surface area contributed by atoms with Gasteiger partial charge in [-0.3, -0.25) is 4.79 Å². The monoisotopic (exact) mass is 301 g/mol. The highest BCUT2D eigenvalue weighted by Crippen LogP contribution is 2.17. The Morgan fingerprint density at radius 2 is 1.95 bits per heavy atom. The zero-order valence-corrected chi connectivity index (χ0v) is 12.6. The summed E-state index contributed by atoms with van der Waals surface area (Å²) in [5.41, 5.74) is 2.19. The highest BCUT2D eigenvalue weighted by molar-refractivity contribution is 5.86. The summed E-state index contributed by atoms with van der Waals surface area (Å²) in [5.74, 6) is -1.37. The van der Waals surface area contributed by atoms with Crippen molar-refractivity contribution in [1.29, 1.82) is 0 Å². The van der Waals surface area contributed by atoms with Crippen molar-refractivity contribution in [3.63, 3.8) is 0 Å². The molecule has 0 spiro atoms. The molecule has 2 rings (SSSR count). The Morgan fingerprint density at radius 3 is 2.55 bits per heavy atom. The van der Waals surface area contributed by atoms with Gasteiger partial charge in [-0.05, 0) is 25.0 Å². The van der Waals surface area contributed by atoms with Crippen LogP contribution >= 0.6 is 0 Å². The van der Waals surface area contributed by atoms with E-state index in [4.69, 9.17) is 5.11 Å². The standard InChI is InChI=1S/C16H19N3O3/c1-3-13(12-6-4-11(2)5-7-12)18-15(20)10-19-14(16(21)22)8-9-17-19/h4-9,13H,3,10H2,1-2H3,(H,18,20)(H,21,22). The van der Waals surface area contributed by atoms with E-state index < -0.39 is 5.97 Å². The van der Waals surface area contributed by atoms with E-state index in [1.54, 1.807) is 0 Å². The van der Waals surface area contributed by atoms with Crippen LogP contribution in [-0.4, -0.2) is 26.8 Å². The summed E-state index contributed by atoms with van der Waals surface area (Å²) in [6.07, 6.45) is 2.12. The molecule has 2 N–H and O–H groups in total. The number of carbonyl (C=O) groups excluding carboxylic acids is 1. The van der Waals surface area contributed by atoms with E-state index in [-0.39, 0.29) is 24.2 Å². The molecule has 22 heavy (non-hydrogen) atoms. The minimum absolute atomic E-state index is 0.00136. The fraction of sp³-hybridized carbons (Fsp3) is 0.312. The van der Waals surface area contributed by atoms with Crippen LogP contribution in [-0.2, 0) is 11.3 Å². The van der Waals surface area contributed by atoms with Gasteiger partial charge in [0.05, 0.1) is 6.04 Å². The number of benzene rings is 1. The van der Waals surface area contributed by atoms with Crippen LogP contribution < -0.4 is 5.32 Å². The summed E-state index contributed by atoms with van der Waals surface area (Å²) in [6, 6.07) is 9.24. The maximum atomic E-state index is 12.1. The Kier molecular flexibility index (Phi) is 4.93. The van der Waals surface area contributed by atoms with Crippen LogP contribution in [0.2, 0.25) is 0 Å². The van der Waals surface area contributed by atoms with Crippen LogP contribution in [0.25, 0.3) is 0 Å². The van der Waals surface area contributed by atoms with E-state index in [1.165, 1.54) is 16.9 Å². The van der Waals surface area contributed by atoms with Crippen molar-refractivity contribution < 1.29 is 14.7 Å². The van der Waals surface area contributed by atoms with Crippen LogP contribution in [0, 0.1) is 6.92 Å². The highest BCUT2D eigenvalue weighted by Gasteiger charge is 2.16. The molecule has 1 unspecified atom stereocenters. The molecule has 0 radical (unpaired) electrons. The number of carboxylic acid groups (broad SMARTS) is 1. The SMILES string of the molecule is CCC(NC(=O)Cn1nccc1C(=O)O)c1ccc(C)cc1. The van der Waals surface area contributed by atoms with Crippen molar-refractivity contribution in [2.45, 2.75) is 32.9 Å². The summed E-state index contributed by atoms with van der Waals surface area (Å²) in [5, 5.41) is 15.8. The first-order chi connectivity index (χ1) is 10.5. The summed E-state index contributed by atoms with van der Waals surface area (Å²) < 4.78 is 1.18. The molecule has 1 heterocycles. The van der Waals surface area contributed by atoms with Crippen molar-refractivity contribution in [2.24, 2.45) is 0 Å². The molecule has 1 aromatic carbocycles. The van der Waals surface area contributed by atoms with Crippen molar-refractivity contribution in [3.8, 4) is 0 Å². The number of hydrogen-bond donors (Lipinski definition) is 2. The number of amides is 1. The minimum atomic E-state index is -1.10. The van der Waals surface area contributed by atoms with Gasteiger partial charge in [-0.1, -0.05) is 36.8 Å². The van der Waals surface area contributed by atoms with Gasteiger partial charge >= 0.3 is 5.97 Å². The van der Waals surface area contributed by atoms with Crippen molar-refractivity contribution in [3.05, 3.63) is 53.3 Å². The van der Waals surface area contributed by atoms with Crippen LogP contribution in [0.1, 0.15) is 41.0 Å². The van der Waals surface area contributed by atoms with Gasteiger partial charge in [0, 0.05) is 6.20 Å². The van der Waals surface area contributed by atoms with Crippen LogP contribution in [0.15, 0.2) is 36.5 Å². The summed E-state index contributed by atoms with van der Waals surface area (Å²) >= 11 is 0. The number of nitrogens with one attached hydrogen (secondary N) is 1. The predicted octanol–water partition coefficient (Wildman–Crippen LogP) is 2.16. The quantitative estimate of drug-likeness (QED) is 0.856. The summed E-state index contributed by atoms with van der Waals surface area (Å²) in [6.45, 7) is 3.88. The first-order valence-electron chi connectivity index (χ1n) is 7.12. The molecule has 0 bridgehead atoms. The lowest BCUT2D eigenvalue weighted by Crippen LogP contribution is -2.32. The molecule has 1 amide bonds. The normalized spacial score (nSPS) is 11.9. The maximum absolute atomic E-state index is 12.1. The zero-order valence-electron chi connectivity index (χ0n) is 12.6. The molecule has 0 fully saturated rings. The molecule has 6 heteroatoms. The van der Waals surface area contributed by atoms with Gasteiger partial charge in [0.15, 0.2) is 0 Å². The Hall–Kier alpha value is -2.63. The second-order valence-electron chi connectivity index (χ2n) is 5.12. The number of aromatic nitrogens is 2. The number of carbonyl (C=O) groups is 2. The highest BCUT2D eigenvalue weighted by atomic mass is 16.4. The molecule has 0 saturated heterocycles. The van der Waals surface area contributed by atoms with Gasteiger partial charge in [0.1, 0.15) is 12.2 Å². The van der Waals surface area contributed by atoms with Gasteiger partial charge in [-0.25, -0.2) is 9.48 Å². The molecule has 6 nitrogen and oxygen atoms in total. The summed E-state index contributed by atoms with van der Waals surface area (Å²) in [7, 11) is 0. The molecule has 2 aromatic rings. The maximum Gasteiger partial charge on any atom is 0.354 e. The number of nitrogens with zero attached hydrogens (tertiary/aromatic N) is 2. The third-order valence-corrected chi connectivity index (χ3v) is 3.45. The first kappa shape index (κ1) is 15.8. The van der Waals surface area contributed by atoms with E-state index in [1.807, 2.05) is 38.1 Å². The van der Waals surface area contributed by atoms with E-state index in [2.05, 4.69) is 10.4 Å². The zero-order chi connectivity index (χ0) is 16.1. The van der Waals surface area contributed by atoms with Crippen LogP contribution in [0.4, 0.5) is 0 Å². The van der Waals surface area contributed by atoms with Crippen molar-refractivity contribution in [1.82, 2.24) is 15.1 Å². The average molecular weight is 301 g/mol. The Labute approximate surface area is 128 Å². The molecular weight excluding hydrogens is 282 g/mol. The molecule has 0 aliphatic carbocycles. The number of hydrogen-bond acceptors (Lipinski definition) is 3. The first-order valence-corrected chi connectivity index (χ1v) is 7.12. The van der Waals surface area contributed by atoms with E-state index in [9.17, 15) is 9.59 Å². The van der Waals surface area contributed by atoms with Crippen molar-refractivity contribution in [2.75, 3.05) is 0 Å². The fourth-order valence-corrected chi connectivity index (χ4v) is 2.24. The lowest BCUT2D eigenvalue weighted by molar-refractivity contribution is -0.122. The van der Waals surface area contributed by atoms with Crippen molar-refractivity contribution >= 4 is 11.9 Å². The molecule has 1 aromatic heterocycles. The van der Waals surface area contributed by atoms with Crippen LogP contribution in [0.3, 0.4) is 0 Å². The molecule has 0 saturated carbocycles. The molecule has 1 atom stereocenters. The van der Waals surface area contributed by atoms with Gasteiger partial charge in [-0.15, -0.1) is 0 Å². The molecular formula is C16H19N3O3. The van der Waals surface area contributed by atoms with E-state index in [0.717, 1.165) is 17.5 Å². The molecule has 0 aliphatic heterocycles. The largest absolute Gasteiger partial charge is 0.477 e. The lowest BCUT2D eigenvalue weighted by atomic mass is 10.0. The minimum Gasteiger partial charge on any atom is -0.477 e. The number of carboxylic acids is 1. The number of aromatic carboxylic acids is 1. The third-order valence-electron chi connectivity index (χ3n) is 3.45. The Morgan fingerprint density at radius 1 is 1.27 bits per heavy atom. The van der Waals surface area contributed by atoms with E-state index in [0.29, 0.717) is 0 Å². The van der Waals surface area contributed by atoms with Gasteiger partial charge < -0.3 is 10.4 Å². The van der Waals surface area contributed by atoms with Gasteiger partial charge in [0.25, 0.3) is 0 Å². The Balaban J connectivity index is 2.05. The molecule has 0 aliphatic rings. The second-order valence-corrected chi connectivity index (χ2v) is 5.12. The fourth-order valence-electron chi connectivity index (χ4n) is 2.24. The molecule has 116 valence electrons. The number of aryl methyl sites for hydroxylation is 1. The second kappa shape index (κ2) is 6.89. The average Bonchev–Trinajstić information content (AvgIpc) is 2.94. The number of rotatable bonds is 6. The van der Waals surface area contributed by atoms with Crippen LogP contribution in [0.5, 0.6) is 0 Å².